The SMILES string of the molecule is C[C@H](NC(=O)[C@@H](C)NC(=O)[C@H](C)N[C@@H]1CCCC[C@H]1N[C@@H](C)C(=O)N[C@H](C)C(=O)N[C@@H](C)C(=O)N[C@H](C)C(N)=O)C(=O)N[C@H](C)C(N)=O. The van der Waals surface area contributed by atoms with E-state index in [1.807, 2.05) is 0 Å². The highest BCUT2D eigenvalue weighted by atomic mass is 16.2. The Morgan fingerprint density at radius 2 is 0.604 bits per heavy atom. The minimum Gasteiger partial charge on any atom is -0.368 e. The highest BCUT2D eigenvalue weighted by Crippen LogP contribution is 2.20. The molecule has 1 fully saturated rings. The second-order valence-corrected chi connectivity index (χ2v) is 12.5. The Labute approximate surface area is 281 Å². The molecule has 48 heavy (non-hydrogen) atoms. The molecule has 0 aromatic carbocycles. The maximum atomic E-state index is 12.9. The van der Waals surface area contributed by atoms with Gasteiger partial charge in [-0.05, 0) is 68.2 Å². The standard InChI is InChI=1S/C30H54N10O8/c1-13(23(31)41)35-27(45)17(5)39-29(47)19(7)37-25(43)15(3)33-21-11-9-10-12-22(21)34-16(4)26(44)38-20(8)30(48)40-18(6)28(46)36-14(2)24(32)42/h13-22,33-34H,9-12H2,1-8H3,(H2,31,41)(H2,32,42)(H,35,45)(H,36,46)(H,37,43)(H,38,44)(H,39,47)(H,40,48)/t13-,14-,15+,16+,17+,18+,19-,20-,21-,22-/m1/s1. The summed E-state index contributed by atoms with van der Waals surface area (Å²) in [5, 5.41) is 21.6. The molecule has 0 bridgehead atoms. The van der Waals surface area contributed by atoms with Crippen molar-refractivity contribution < 1.29 is 38.4 Å². The fourth-order valence-electron chi connectivity index (χ4n) is 4.76. The quantitative estimate of drug-likeness (QED) is 0.0674. The molecular formula is C30H54N10O8. The van der Waals surface area contributed by atoms with Crippen molar-refractivity contribution in [2.75, 3.05) is 0 Å². The maximum absolute atomic E-state index is 12.9. The van der Waals surface area contributed by atoms with Crippen LogP contribution in [0.2, 0.25) is 0 Å². The van der Waals surface area contributed by atoms with Gasteiger partial charge in [0.25, 0.3) is 0 Å². The number of nitrogens with one attached hydrogen (secondary N) is 8. The molecule has 0 aromatic heterocycles. The minimum absolute atomic E-state index is 0.183. The molecule has 18 heteroatoms. The van der Waals surface area contributed by atoms with Gasteiger partial charge in [0.15, 0.2) is 0 Å². The number of hydrogen-bond donors (Lipinski definition) is 10. The third-order valence-electron chi connectivity index (χ3n) is 8.06. The Balaban J connectivity index is 2.65. The lowest BCUT2D eigenvalue weighted by Gasteiger charge is -2.36. The van der Waals surface area contributed by atoms with E-state index >= 15 is 0 Å². The Kier molecular flexibility index (Phi) is 16.9. The number of hydrogen-bond acceptors (Lipinski definition) is 10. The minimum atomic E-state index is -0.978. The third-order valence-corrected chi connectivity index (χ3v) is 8.06. The summed E-state index contributed by atoms with van der Waals surface area (Å²) in [7, 11) is 0. The topological polar surface area (TPSA) is 285 Å². The van der Waals surface area contributed by atoms with Gasteiger partial charge in [-0.15, -0.1) is 0 Å². The molecule has 8 amide bonds. The molecule has 0 saturated heterocycles. The highest BCUT2D eigenvalue weighted by molar-refractivity contribution is 5.95. The summed E-state index contributed by atoms with van der Waals surface area (Å²) >= 11 is 0. The first-order valence-corrected chi connectivity index (χ1v) is 16.2. The molecule has 0 radical (unpaired) electrons. The molecule has 0 heterocycles. The summed E-state index contributed by atoms with van der Waals surface area (Å²) in [5.41, 5.74) is 10.3. The van der Waals surface area contributed by atoms with Gasteiger partial charge in [-0.3, -0.25) is 38.4 Å². The first kappa shape index (κ1) is 41.7. The van der Waals surface area contributed by atoms with Crippen LogP contribution in [-0.4, -0.2) is 108 Å². The van der Waals surface area contributed by atoms with Crippen LogP contribution in [0.3, 0.4) is 0 Å². The molecule has 0 spiro atoms. The van der Waals surface area contributed by atoms with Crippen LogP contribution in [0.5, 0.6) is 0 Å². The lowest BCUT2D eigenvalue weighted by Crippen LogP contribution is -2.60. The number of carbonyl (C=O) groups excluding carboxylic acids is 8. The number of rotatable bonds is 18. The molecule has 0 aromatic rings. The smallest absolute Gasteiger partial charge is 0.242 e. The zero-order valence-electron chi connectivity index (χ0n) is 29.0. The summed E-state index contributed by atoms with van der Waals surface area (Å²) in [6.45, 7) is 12.0. The van der Waals surface area contributed by atoms with Crippen LogP contribution in [-0.2, 0) is 38.4 Å². The zero-order valence-corrected chi connectivity index (χ0v) is 29.0. The highest BCUT2D eigenvalue weighted by Gasteiger charge is 2.32. The van der Waals surface area contributed by atoms with Crippen molar-refractivity contribution in [2.24, 2.45) is 11.5 Å². The molecule has 0 aliphatic heterocycles. The second kappa shape index (κ2) is 19.5. The van der Waals surface area contributed by atoms with E-state index in [0.717, 1.165) is 25.7 Å². The number of primary amides is 2. The van der Waals surface area contributed by atoms with Crippen LogP contribution in [0.25, 0.3) is 0 Å². The summed E-state index contributed by atoms with van der Waals surface area (Å²) in [4.78, 5) is 97.8. The molecule has 1 saturated carbocycles. The fourth-order valence-corrected chi connectivity index (χ4v) is 4.76. The van der Waals surface area contributed by atoms with Crippen LogP contribution in [0.4, 0.5) is 0 Å². The van der Waals surface area contributed by atoms with Gasteiger partial charge in [-0.1, -0.05) is 12.8 Å². The van der Waals surface area contributed by atoms with Crippen molar-refractivity contribution in [3.8, 4) is 0 Å². The Bertz CT molecular complexity index is 1110. The monoisotopic (exact) mass is 682 g/mol. The van der Waals surface area contributed by atoms with E-state index in [-0.39, 0.29) is 12.1 Å². The predicted molar refractivity (Wildman–Crippen MR) is 175 cm³/mol. The average molecular weight is 683 g/mol. The molecule has 1 aliphatic carbocycles. The third kappa shape index (κ3) is 13.8. The van der Waals surface area contributed by atoms with Gasteiger partial charge in [0.05, 0.1) is 12.1 Å². The molecule has 1 aliphatic rings. The molecule has 0 unspecified atom stereocenters. The normalized spacial score (nSPS) is 20.9. The van der Waals surface area contributed by atoms with Crippen LogP contribution < -0.4 is 54.0 Å². The Hall–Kier alpha value is -4.32. The van der Waals surface area contributed by atoms with Gasteiger partial charge in [0, 0.05) is 12.1 Å². The maximum Gasteiger partial charge on any atom is 0.242 e. The lowest BCUT2D eigenvalue weighted by atomic mass is 9.89. The summed E-state index contributed by atoms with van der Waals surface area (Å²) in [6.07, 6.45) is 3.25. The van der Waals surface area contributed by atoms with E-state index in [0.29, 0.717) is 0 Å². The molecule has 1 rings (SSSR count). The zero-order chi connectivity index (χ0) is 36.9. The number of amides is 8. The molecule has 12 N–H and O–H groups in total. The van der Waals surface area contributed by atoms with Gasteiger partial charge in [0.1, 0.15) is 36.3 Å². The van der Waals surface area contributed by atoms with Gasteiger partial charge < -0.3 is 54.0 Å². The van der Waals surface area contributed by atoms with Crippen molar-refractivity contribution >= 4 is 47.3 Å². The molecular weight excluding hydrogens is 628 g/mol. The molecule has 10 atom stereocenters. The van der Waals surface area contributed by atoms with Crippen LogP contribution in [0, 0.1) is 0 Å². The van der Waals surface area contributed by atoms with Crippen molar-refractivity contribution in [1.82, 2.24) is 42.5 Å². The van der Waals surface area contributed by atoms with Crippen molar-refractivity contribution in [2.45, 2.75) is 141 Å². The molecule has 18 nitrogen and oxygen atoms in total. The van der Waals surface area contributed by atoms with Crippen LogP contribution in [0.15, 0.2) is 0 Å². The van der Waals surface area contributed by atoms with Crippen molar-refractivity contribution in [3.63, 3.8) is 0 Å². The van der Waals surface area contributed by atoms with E-state index in [2.05, 4.69) is 42.5 Å². The van der Waals surface area contributed by atoms with Gasteiger partial charge in [-0.25, -0.2) is 0 Å². The van der Waals surface area contributed by atoms with E-state index < -0.39 is 95.6 Å². The van der Waals surface area contributed by atoms with Gasteiger partial charge in [-0.2, -0.15) is 0 Å². The van der Waals surface area contributed by atoms with Crippen LogP contribution >= 0.6 is 0 Å². The number of nitrogens with two attached hydrogens (primary N) is 2. The average Bonchev–Trinajstić information content (AvgIpc) is 3.01. The van der Waals surface area contributed by atoms with E-state index in [4.69, 9.17) is 11.5 Å². The summed E-state index contributed by atoms with van der Waals surface area (Å²) in [6, 6.07) is -7.50. The van der Waals surface area contributed by atoms with Gasteiger partial charge >= 0.3 is 0 Å². The Morgan fingerprint density at radius 1 is 0.396 bits per heavy atom. The Morgan fingerprint density at radius 3 is 0.833 bits per heavy atom. The van der Waals surface area contributed by atoms with E-state index in [1.165, 1.54) is 41.5 Å². The van der Waals surface area contributed by atoms with Crippen molar-refractivity contribution in [1.29, 1.82) is 0 Å². The number of carbonyl (C=O) groups is 8. The summed E-state index contributed by atoms with van der Waals surface area (Å²) < 4.78 is 0. The molecule has 272 valence electrons. The van der Waals surface area contributed by atoms with Crippen LogP contribution in [0.1, 0.15) is 81.1 Å². The fraction of sp³-hybridized carbons (Fsp3) is 0.733. The van der Waals surface area contributed by atoms with Gasteiger partial charge in [0.2, 0.25) is 47.3 Å². The van der Waals surface area contributed by atoms with E-state index in [9.17, 15) is 38.4 Å². The van der Waals surface area contributed by atoms with E-state index in [1.54, 1.807) is 13.8 Å². The lowest BCUT2D eigenvalue weighted by molar-refractivity contribution is -0.133. The first-order valence-electron chi connectivity index (χ1n) is 16.2. The predicted octanol–water partition coefficient (Wildman–Crippen LogP) is -3.75. The second-order valence-electron chi connectivity index (χ2n) is 12.5. The first-order chi connectivity index (χ1) is 22.2. The van der Waals surface area contributed by atoms with Crippen molar-refractivity contribution in [3.05, 3.63) is 0 Å². The largest absolute Gasteiger partial charge is 0.368 e. The summed E-state index contributed by atoms with van der Waals surface area (Å²) in [5.74, 6) is -4.74.